The standard InChI is InChI=1S/C29H42ClN3O5S/c1-5-22(4)28(32-27(35)19-30)29(36)31-25(18-23-12-8-6-9-13-23)26(34)20-33(17-16-21(2)3)39(37,38)24-14-10-7-11-15-24/h6-15,21-22,25-26,28,34H,5,16-20H2,1-4H3,(H,31,36)(H,32,35)/t22?,25-,26+,28-/m0/s1. The summed E-state index contributed by atoms with van der Waals surface area (Å²) in [5, 5.41) is 17.0. The van der Waals surface area contributed by atoms with Crippen LogP contribution in [0.1, 0.15) is 46.1 Å². The van der Waals surface area contributed by atoms with Gasteiger partial charge in [-0.3, -0.25) is 9.59 Å². The minimum atomic E-state index is -3.89. The van der Waals surface area contributed by atoms with Crippen molar-refractivity contribution in [3.63, 3.8) is 0 Å². The predicted octanol–water partition coefficient (Wildman–Crippen LogP) is 3.58. The van der Waals surface area contributed by atoms with E-state index in [2.05, 4.69) is 10.6 Å². The van der Waals surface area contributed by atoms with E-state index >= 15 is 0 Å². The van der Waals surface area contributed by atoms with Crippen LogP contribution >= 0.6 is 11.6 Å². The molecule has 0 saturated heterocycles. The summed E-state index contributed by atoms with van der Waals surface area (Å²) in [5.74, 6) is -1.14. The Morgan fingerprint density at radius 3 is 2.10 bits per heavy atom. The number of alkyl halides is 1. The number of nitrogens with zero attached hydrogens (tertiary/aromatic N) is 1. The lowest BCUT2D eigenvalue weighted by Crippen LogP contribution is -2.57. The molecule has 2 aromatic carbocycles. The lowest BCUT2D eigenvalue weighted by atomic mass is 9.96. The number of hydrogen-bond donors (Lipinski definition) is 3. The summed E-state index contributed by atoms with van der Waals surface area (Å²) in [6.07, 6.45) is 0.286. The molecule has 216 valence electrons. The summed E-state index contributed by atoms with van der Waals surface area (Å²) < 4.78 is 28.4. The third-order valence-corrected chi connectivity index (χ3v) is 8.87. The molecule has 0 aromatic heterocycles. The molecule has 4 atom stereocenters. The Bertz CT molecular complexity index is 1130. The van der Waals surface area contributed by atoms with Crippen molar-refractivity contribution in [2.75, 3.05) is 19.0 Å². The molecule has 0 spiro atoms. The number of nitrogens with one attached hydrogen (secondary N) is 2. The van der Waals surface area contributed by atoms with E-state index in [1.807, 2.05) is 58.0 Å². The molecule has 3 N–H and O–H groups in total. The monoisotopic (exact) mass is 579 g/mol. The number of carbonyl (C=O) groups is 2. The highest BCUT2D eigenvalue weighted by Crippen LogP contribution is 2.19. The van der Waals surface area contributed by atoms with E-state index in [9.17, 15) is 23.1 Å². The van der Waals surface area contributed by atoms with Gasteiger partial charge in [0.05, 0.1) is 17.0 Å². The van der Waals surface area contributed by atoms with Gasteiger partial charge in [-0.25, -0.2) is 8.42 Å². The molecule has 0 heterocycles. The molecule has 8 nitrogen and oxygen atoms in total. The van der Waals surface area contributed by atoms with Gasteiger partial charge in [-0.1, -0.05) is 82.6 Å². The van der Waals surface area contributed by atoms with E-state index in [1.165, 1.54) is 16.4 Å². The molecule has 2 rings (SSSR count). The van der Waals surface area contributed by atoms with Gasteiger partial charge >= 0.3 is 0 Å². The molecule has 1 unspecified atom stereocenters. The first kappa shape index (κ1) is 32.8. The first-order chi connectivity index (χ1) is 18.5. The average molecular weight is 580 g/mol. The molecule has 2 aromatic rings. The fraction of sp³-hybridized carbons (Fsp3) is 0.517. The number of halogens is 1. The first-order valence-corrected chi connectivity index (χ1v) is 15.4. The SMILES string of the molecule is CCC(C)[C@H](NC(=O)CCl)C(=O)N[C@@H](Cc1ccccc1)[C@H](O)CN(CCC(C)C)S(=O)(=O)c1ccccc1. The van der Waals surface area contributed by atoms with Crippen LogP contribution in [0.4, 0.5) is 0 Å². The Balaban J connectivity index is 2.37. The second-order valence-corrected chi connectivity index (χ2v) is 12.5. The van der Waals surface area contributed by atoms with Gasteiger partial charge in [-0.05, 0) is 42.4 Å². The van der Waals surface area contributed by atoms with E-state index in [1.54, 1.807) is 18.2 Å². The van der Waals surface area contributed by atoms with Crippen molar-refractivity contribution in [2.45, 2.75) is 70.0 Å². The Hall–Kier alpha value is -2.46. The number of sulfonamides is 1. The maximum atomic E-state index is 13.5. The van der Waals surface area contributed by atoms with Crippen LogP contribution in [-0.4, -0.2) is 66.8 Å². The van der Waals surface area contributed by atoms with Gasteiger partial charge in [0.2, 0.25) is 21.8 Å². The zero-order chi connectivity index (χ0) is 29.0. The molecule has 0 saturated carbocycles. The number of aliphatic hydroxyl groups is 1. The lowest BCUT2D eigenvalue weighted by Gasteiger charge is -2.32. The quantitative estimate of drug-likeness (QED) is 0.263. The molecule has 39 heavy (non-hydrogen) atoms. The van der Waals surface area contributed by atoms with Crippen LogP contribution in [0.15, 0.2) is 65.6 Å². The van der Waals surface area contributed by atoms with Gasteiger partial charge in [0.1, 0.15) is 11.9 Å². The second kappa shape index (κ2) is 16.0. The zero-order valence-electron chi connectivity index (χ0n) is 23.2. The number of benzene rings is 2. The molecular weight excluding hydrogens is 538 g/mol. The summed E-state index contributed by atoms with van der Waals surface area (Å²) in [7, 11) is -3.89. The van der Waals surface area contributed by atoms with Crippen molar-refractivity contribution < 1.29 is 23.1 Å². The lowest BCUT2D eigenvalue weighted by molar-refractivity contribution is -0.130. The molecule has 0 bridgehead atoms. The van der Waals surface area contributed by atoms with Crippen molar-refractivity contribution in [3.8, 4) is 0 Å². The van der Waals surface area contributed by atoms with Crippen molar-refractivity contribution in [3.05, 3.63) is 66.2 Å². The molecule has 0 radical (unpaired) electrons. The molecular formula is C29H42ClN3O5S. The molecule has 0 aliphatic rings. The van der Waals surface area contributed by atoms with Crippen LogP contribution < -0.4 is 10.6 Å². The number of aliphatic hydroxyl groups excluding tert-OH is 1. The van der Waals surface area contributed by atoms with Crippen LogP contribution in [0.2, 0.25) is 0 Å². The van der Waals surface area contributed by atoms with Crippen molar-refractivity contribution in [1.82, 2.24) is 14.9 Å². The minimum Gasteiger partial charge on any atom is -0.390 e. The zero-order valence-corrected chi connectivity index (χ0v) is 24.8. The third kappa shape index (κ3) is 10.2. The Morgan fingerprint density at radius 1 is 0.974 bits per heavy atom. The van der Waals surface area contributed by atoms with Gasteiger partial charge in [0.15, 0.2) is 0 Å². The Labute approximate surface area is 238 Å². The van der Waals surface area contributed by atoms with Gasteiger partial charge in [-0.2, -0.15) is 4.31 Å². The van der Waals surface area contributed by atoms with Crippen molar-refractivity contribution in [1.29, 1.82) is 0 Å². The van der Waals surface area contributed by atoms with Gasteiger partial charge < -0.3 is 15.7 Å². The normalized spacial score (nSPS) is 15.0. The van der Waals surface area contributed by atoms with E-state index < -0.39 is 40.0 Å². The first-order valence-electron chi connectivity index (χ1n) is 13.4. The molecule has 10 heteroatoms. The minimum absolute atomic E-state index is 0.144. The van der Waals surface area contributed by atoms with Crippen LogP contribution in [0, 0.1) is 11.8 Å². The number of carbonyl (C=O) groups excluding carboxylic acids is 2. The molecule has 0 aliphatic heterocycles. The average Bonchev–Trinajstić information content (AvgIpc) is 2.93. The topological polar surface area (TPSA) is 116 Å². The second-order valence-electron chi connectivity index (χ2n) is 10.3. The summed E-state index contributed by atoms with van der Waals surface area (Å²) in [6, 6.07) is 15.8. The largest absolute Gasteiger partial charge is 0.390 e. The molecule has 0 fully saturated rings. The fourth-order valence-electron chi connectivity index (χ4n) is 4.13. The van der Waals surface area contributed by atoms with E-state index in [-0.39, 0.29) is 42.1 Å². The number of amides is 2. The van der Waals surface area contributed by atoms with Crippen LogP contribution in [0.3, 0.4) is 0 Å². The van der Waals surface area contributed by atoms with E-state index in [0.717, 1.165) is 5.56 Å². The summed E-state index contributed by atoms with van der Waals surface area (Å²) in [6.45, 7) is 7.79. The third-order valence-electron chi connectivity index (χ3n) is 6.75. The van der Waals surface area contributed by atoms with Crippen LogP contribution in [-0.2, 0) is 26.0 Å². The summed E-state index contributed by atoms with van der Waals surface area (Å²) in [4.78, 5) is 25.6. The molecule has 0 aliphatic carbocycles. The van der Waals surface area contributed by atoms with Crippen LogP contribution in [0.25, 0.3) is 0 Å². The van der Waals surface area contributed by atoms with Crippen molar-refractivity contribution in [2.24, 2.45) is 11.8 Å². The number of hydrogen-bond acceptors (Lipinski definition) is 5. The summed E-state index contributed by atoms with van der Waals surface area (Å²) in [5.41, 5.74) is 0.867. The smallest absolute Gasteiger partial charge is 0.243 e. The number of rotatable bonds is 16. The van der Waals surface area contributed by atoms with Gasteiger partial charge in [0.25, 0.3) is 0 Å². The van der Waals surface area contributed by atoms with E-state index in [0.29, 0.717) is 12.8 Å². The van der Waals surface area contributed by atoms with Gasteiger partial charge in [0, 0.05) is 13.1 Å². The maximum Gasteiger partial charge on any atom is 0.243 e. The highest BCUT2D eigenvalue weighted by molar-refractivity contribution is 7.89. The Kier molecular flexibility index (Phi) is 13.4. The predicted molar refractivity (Wildman–Crippen MR) is 155 cm³/mol. The maximum absolute atomic E-state index is 13.5. The highest BCUT2D eigenvalue weighted by Gasteiger charge is 2.33. The fourth-order valence-corrected chi connectivity index (χ4v) is 5.70. The van der Waals surface area contributed by atoms with Gasteiger partial charge in [-0.15, -0.1) is 11.6 Å². The molecule has 2 amide bonds. The summed E-state index contributed by atoms with van der Waals surface area (Å²) >= 11 is 5.67. The van der Waals surface area contributed by atoms with Crippen LogP contribution in [0.5, 0.6) is 0 Å². The van der Waals surface area contributed by atoms with E-state index in [4.69, 9.17) is 11.6 Å². The highest BCUT2D eigenvalue weighted by atomic mass is 35.5. The Morgan fingerprint density at radius 2 is 1.56 bits per heavy atom. The van der Waals surface area contributed by atoms with Crippen molar-refractivity contribution >= 4 is 33.4 Å².